The first-order valence-electron chi connectivity index (χ1n) is 5.34. The van der Waals surface area contributed by atoms with Gasteiger partial charge in [-0.2, -0.15) is 0 Å². The molecule has 0 saturated carbocycles. The summed E-state index contributed by atoms with van der Waals surface area (Å²) in [5.74, 6) is -0.116. The van der Waals surface area contributed by atoms with Gasteiger partial charge in [-0.05, 0) is 30.3 Å². The quantitative estimate of drug-likeness (QED) is 0.688. The van der Waals surface area contributed by atoms with E-state index in [2.05, 4.69) is 5.32 Å². The molecular formula is C12H10N2O3S2. The Balaban J connectivity index is 2.06. The number of hydrogen-bond acceptors (Lipinski definition) is 5. The Morgan fingerprint density at radius 2 is 1.95 bits per heavy atom. The average molecular weight is 294 g/mol. The fourth-order valence-corrected chi connectivity index (χ4v) is 3.29. The van der Waals surface area contributed by atoms with E-state index >= 15 is 0 Å². The van der Waals surface area contributed by atoms with Crippen LogP contribution in [0.25, 0.3) is 0 Å². The van der Waals surface area contributed by atoms with Crippen LogP contribution < -0.4 is 5.32 Å². The Bertz CT molecular complexity index is 608. The number of anilines is 1. The first-order valence-corrected chi connectivity index (χ1v) is 6.97. The molecule has 5 nitrogen and oxygen atoms in total. The van der Waals surface area contributed by atoms with Crippen LogP contribution in [0.4, 0.5) is 10.7 Å². The highest BCUT2D eigenvalue weighted by Gasteiger charge is 2.10. The average Bonchev–Trinajstić information content (AvgIpc) is 2.80. The zero-order valence-electron chi connectivity index (χ0n) is 9.95. The van der Waals surface area contributed by atoms with Crippen molar-refractivity contribution in [1.82, 2.24) is 0 Å². The lowest BCUT2D eigenvalue weighted by Crippen LogP contribution is -2.05. The number of hydrogen-bond donors (Lipinski definition) is 1. The Hall–Kier alpha value is -1.86. The molecule has 1 amide bonds. The largest absolute Gasteiger partial charge is 0.326 e. The lowest BCUT2D eigenvalue weighted by atomic mass is 10.3. The van der Waals surface area contributed by atoms with Crippen molar-refractivity contribution in [3.05, 3.63) is 46.5 Å². The van der Waals surface area contributed by atoms with E-state index in [-0.39, 0.29) is 10.9 Å². The topological polar surface area (TPSA) is 72.2 Å². The molecule has 1 heterocycles. The molecule has 1 aromatic carbocycles. The summed E-state index contributed by atoms with van der Waals surface area (Å²) in [7, 11) is 0. The van der Waals surface area contributed by atoms with Crippen LogP contribution in [0.3, 0.4) is 0 Å². The van der Waals surface area contributed by atoms with E-state index < -0.39 is 4.92 Å². The molecule has 1 N–H and O–H groups in total. The Morgan fingerprint density at radius 1 is 1.26 bits per heavy atom. The lowest BCUT2D eigenvalue weighted by Gasteiger charge is -2.03. The number of thiophene rings is 1. The van der Waals surface area contributed by atoms with E-state index in [1.807, 2.05) is 12.1 Å². The number of rotatable bonds is 4. The van der Waals surface area contributed by atoms with Crippen LogP contribution in [0.1, 0.15) is 6.92 Å². The second-order valence-electron chi connectivity index (χ2n) is 3.66. The van der Waals surface area contributed by atoms with Gasteiger partial charge in [-0.15, -0.1) is 0 Å². The maximum atomic E-state index is 10.9. The summed E-state index contributed by atoms with van der Waals surface area (Å²) in [4.78, 5) is 22.0. The Morgan fingerprint density at radius 3 is 2.47 bits per heavy atom. The molecule has 2 rings (SSSR count). The molecule has 19 heavy (non-hydrogen) atoms. The molecule has 0 saturated heterocycles. The number of carbonyl (C=O) groups is 1. The van der Waals surface area contributed by atoms with E-state index in [9.17, 15) is 14.9 Å². The fourth-order valence-electron chi connectivity index (χ4n) is 1.39. The summed E-state index contributed by atoms with van der Waals surface area (Å²) in [6.45, 7) is 1.45. The highest BCUT2D eigenvalue weighted by Crippen LogP contribution is 2.36. The number of carbonyl (C=O) groups excluding carboxylic acids is 1. The van der Waals surface area contributed by atoms with Gasteiger partial charge in [0.05, 0.1) is 9.13 Å². The number of amides is 1. The molecule has 0 aliphatic carbocycles. The zero-order valence-corrected chi connectivity index (χ0v) is 11.6. The molecule has 0 radical (unpaired) electrons. The van der Waals surface area contributed by atoms with E-state index in [0.717, 1.165) is 26.1 Å². The molecule has 0 fully saturated rings. The molecular weight excluding hydrogens is 284 g/mol. The van der Waals surface area contributed by atoms with Gasteiger partial charge in [0.2, 0.25) is 5.91 Å². The van der Waals surface area contributed by atoms with Crippen molar-refractivity contribution in [2.45, 2.75) is 16.0 Å². The van der Waals surface area contributed by atoms with Gasteiger partial charge in [-0.3, -0.25) is 14.9 Å². The van der Waals surface area contributed by atoms with Crippen LogP contribution in [0, 0.1) is 10.1 Å². The summed E-state index contributed by atoms with van der Waals surface area (Å²) in [6, 6.07) is 10.5. The minimum Gasteiger partial charge on any atom is -0.326 e. The number of nitrogens with zero attached hydrogens (tertiary/aromatic N) is 1. The summed E-state index contributed by atoms with van der Waals surface area (Å²) in [5, 5.41) is 13.4. The standard InChI is InChI=1S/C12H10N2O3S2/c1-8(15)13-9-2-4-10(5-3-9)18-12-7-6-11(19-12)14(16)17/h2-7H,1H3,(H,13,15). The third kappa shape index (κ3) is 3.80. The van der Waals surface area contributed by atoms with Crippen molar-refractivity contribution in [2.24, 2.45) is 0 Å². The number of nitrogens with one attached hydrogen (secondary N) is 1. The van der Waals surface area contributed by atoms with Crippen molar-refractivity contribution in [3.8, 4) is 0 Å². The Labute approximate surface area is 117 Å². The molecule has 2 aromatic rings. The van der Waals surface area contributed by atoms with E-state index in [0.29, 0.717) is 0 Å². The number of nitro groups is 1. The minimum absolute atomic E-state index is 0.116. The van der Waals surface area contributed by atoms with Crippen LogP contribution in [-0.2, 0) is 4.79 Å². The van der Waals surface area contributed by atoms with Gasteiger partial charge in [0, 0.05) is 23.6 Å². The highest BCUT2D eigenvalue weighted by atomic mass is 32.2. The molecule has 0 atom stereocenters. The first kappa shape index (κ1) is 13.6. The van der Waals surface area contributed by atoms with E-state index in [4.69, 9.17) is 0 Å². The van der Waals surface area contributed by atoms with Crippen molar-refractivity contribution in [3.63, 3.8) is 0 Å². The molecule has 7 heteroatoms. The van der Waals surface area contributed by atoms with Crippen molar-refractivity contribution in [2.75, 3.05) is 5.32 Å². The maximum Gasteiger partial charge on any atom is 0.325 e. The molecule has 0 unspecified atom stereocenters. The van der Waals surface area contributed by atoms with Crippen molar-refractivity contribution in [1.29, 1.82) is 0 Å². The van der Waals surface area contributed by atoms with Gasteiger partial charge in [-0.1, -0.05) is 23.1 Å². The molecule has 0 spiro atoms. The second-order valence-corrected chi connectivity index (χ2v) is 6.09. The van der Waals surface area contributed by atoms with Crippen molar-refractivity contribution >= 4 is 39.7 Å². The van der Waals surface area contributed by atoms with Gasteiger partial charge < -0.3 is 5.32 Å². The van der Waals surface area contributed by atoms with Crippen LogP contribution >= 0.6 is 23.1 Å². The predicted molar refractivity (Wildman–Crippen MR) is 75.8 cm³/mol. The second kappa shape index (κ2) is 5.85. The van der Waals surface area contributed by atoms with Crippen molar-refractivity contribution < 1.29 is 9.72 Å². The third-order valence-corrected chi connectivity index (χ3v) is 4.32. The summed E-state index contributed by atoms with van der Waals surface area (Å²) >= 11 is 2.60. The van der Waals surface area contributed by atoms with Crippen LogP contribution in [0.15, 0.2) is 45.5 Å². The fraction of sp³-hybridized carbons (Fsp3) is 0.0833. The summed E-state index contributed by atoms with van der Waals surface area (Å²) in [6.07, 6.45) is 0. The van der Waals surface area contributed by atoms with E-state index in [1.54, 1.807) is 18.2 Å². The third-order valence-electron chi connectivity index (χ3n) is 2.14. The molecule has 1 aromatic heterocycles. The predicted octanol–water partition coefficient (Wildman–Crippen LogP) is 3.77. The molecule has 0 aliphatic heterocycles. The SMILES string of the molecule is CC(=O)Nc1ccc(Sc2ccc([N+](=O)[O-])s2)cc1. The lowest BCUT2D eigenvalue weighted by molar-refractivity contribution is -0.380. The maximum absolute atomic E-state index is 10.9. The molecule has 0 bridgehead atoms. The van der Waals surface area contributed by atoms with Gasteiger partial charge in [0.15, 0.2) is 0 Å². The van der Waals surface area contributed by atoms with Gasteiger partial charge >= 0.3 is 5.00 Å². The first-order chi connectivity index (χ1) is 9.04. The van der Waals surface area contributed by atoms with Crippen LogP contribution in [0.5, 0.6) is 0 Å². The Kier molecular flexibility index (Phi) is 4.18. The van der Waals surface area contributed by atoms with Crippen LogP contribution in [-0.4, -0.2) is 10.8 Å². The number of benzene rings is 1. The molecule has 0 aliphatic rings. The molecule has 98 valence electrons. The highest BCUT2D eigenvalue weighted by molar-refractivity contribution is 8.01. The summed E-state index contributed by atoms with van der Waals surface area (Å²) < 4.78 is 0.860. The zero-order chi connectivity index (χ0) is 13.8. The van der Waals surface area contributed by atoms with Gasteiger partial charge in [0.1, 0.15) is 0 Å². The normalized spacial score (nSPS) is 10.2. The van der Waals surface area contributed by atoms with Gasteiger partial charge in [0.25, 0.3) is 0 Å². The summed E-state index contributed by atoms with van der Waals surface area (Å²) in [5.41, 5.74) is 0.731. The van der Waals surface area contributed by atoms with Gasteiger partial charge in [-0.25, -0.2) is 0 Å². The van der Waals surface area contributed by atoms with Crippen LogP contribution in [0.2, 0.25) is 0 Å². The smallest absolute Gasteiger partial charge is 0.325 e. The van der Waals surface area contributed by atoms with E-state index in [1.165, 1.54) is 24.8 Å². The monoisotopic (exact) mass is 294 g/mol. The minimum atomic E-state index is -0.394.